The molecule has 0 bridgehead atoms. The van der Waals surface area contributed by atoms with Crippen molar-refractivity contribution in [2.45, 2.75) is 18.5 Å². The Labute approximate surface area is 121 Å². The predicted octanol–water partition coefficient (Wildman–Crippen LogP) is 1.12. The van der Waals surface area contributed by atoms with Crippen molar-refractivity contribution >= 4 is 41.2 Å². The zero-order valence-electron chi connectivity index (χ0n) is 11.1. The Morgan fingerprint density at radius 1 is 1.37 bits per heavy atom. The lowest BCUT2D eigenvalue weighted by Crippen LogP contribution is -2.28. The number of nitrogens with zero attached hydrogens (tertiary/aromatic N) is 4. The first kappa shape index (κ1) is 15.8. The molecule has 0 atom stereocenters. The summed E-state index contributed by atoms with van der Waals surface area (Å²) in [5, 5.41) is 0.594. The van der Waals surface area contributed by atoms with Crippen LogP contribution >= 0.6 is 23.4 Å². The molecule has 0 fully saturated rings. The Morgan fingerprint density at radius 2 is 2.11 bits per heavy atom. The van der Waals surface area contributed by atoms with Crippen molar-refractivity contribution in [1.29, 1.82) is 0 Å². The molecule has 9 heteroatoms. The van der Waals surface area contributed by atoms with Gasteiger partial charge in [0.1, 0.15) is 0 Å². The molecular formula is C10H17ClN6OS. The summed E-state index contributed by atoms with van der Waals surface area (Å²) >= 11 is 7.13. The summed E-state index contributed by atoms with van der Waals surface area (Å²) < 4.78 is 0. The van der Waals surface area contributed by atoms with E-state index in [9.17, 15) is 4.79 Å². The van der Waals surface area contributed by atoms with Crippen LogP contribution in [0.3, 0.4) is 0 Å². The molecule has 7 nitrogen and oxygen atoms in total. The predicted molar refractivity (Wildman–Crippen MR) is 77.7 cm³/mol. The number of aromatic nitrogens is 3. The molecule has 0 spiro atoms. The number of amides is 1. The highest BCUT2D eigenvalue weighted by Gasteiger charge is 2.08. The summed E-state index contributed by atoms with van der Waals surface area (Å²) in [5.41, 5.74) is 5.07. The van der Waals surface area contributed by atoms with Gasteiger partial charge in [-0.15, -0.1) is 11.6 Å². The fraction of sp³-hybridized carbons (Fsp3) is 0.600. The Bertz CT molecular complexity index is 430. The molecule has 0 aromatic carbocycles. The smallest absolute Gasteiger partial charge is 0.247 e. The van der Waals surface area contributed by atoms with Gasteiger partial charge in [0.25, 0.3) is 0 Å². The molecule has 0 unspecified atom stereocenters. The van der Waals surface area contributed by atoms with E-state index in [1.54, 1.807) is 4.90 Å². The number of anilines is 2. The van der Waals surface area contributed by atoms with Crippen molar-refractivity contribution in [2.24, 2.45) is 0 Å². The van der Waals surface area contributed by atoms with Gasteiger partial charge >= 0.3 is 0 Å². The van der Waals surface area contributed by atoms with Crippen LogP contribution in [-0.2, 0) is 4.79 Å². The van der Waals surface area contributed by atoms with Gasteiger partial charge in [-0.1, -0.05) is 11.8 Å². The molecule has 0 aliphatic heterocycles. The van der Waals surface area contributed by atoms with E-state index in [1.165, 1.54) is 18.7 Å². The molecule has 106 valence electrons. The quantitative estimate of drug-likeness (QED) is 0.338. The number of hydrazine groups is 1. The maximum atomic E-state index is 10.9. The second-order valence-corrected chi connectivity index (χ2v) is 5.27. The minimum Gasteiger partial charge on any atom is -0.347 e. The van der Waals surface area contributed by atoms with Gasteiger partial charge in [0.15, 0.2) is 5.16 Å². The maximum absolute atomic E-state index is 10.9. The number of hydrogen-bond donors (Lipinski definition) is 2. The number of carbonyl (C=O) groups excluding carboxylic acids is 1. The van der Waals surface area contributed by atoms with Gasteiger partial charge in [0.2, 0.25) is 17.8 Å². The average Bonchev–Trinajstić information content (AvgIpc) is 2.36. The third kappa shape index (κ3) is 5.93. The first-order valence-electron chi connectivity index (χ1n) is 5.67. The molecule has 0 aliphatic carbocycles. The minimum absolute atomic E-state index is 0.219. The molecule has 1 aromatic rings. The molecule has 0 saturated carbocycles. The van der Waals surface area contributed by atoms with E-state index >= 15 is 0 Å². The van der Waals surface area contributed by atoms with Gasteiger partial charge < -0.3 is 4.90 Å². The van der Waals surface area contributed by atoms with E-state index in [2.05, 4.69) is 25.8 Å². The van der Waals surface area contributed by atoms with E-state index in [0.29, 0.717) is 22.9 Å². The Morgan fingerprint density at radius 3 is 2.68 bits per heavy atom. The van der Waals surface area contributed by atoms with Crippen LogP contribution in [0.15, 0.2) is 5.16 Å². The molecule has 1 aromatic heterocycles. The zero-order chi connectivity index (χ0) is 14.3. The van der Waals surface area contributed by atoms with Crippen molar-refractivity contribution in [3.63, 3.8) is 0 Å². The van der Waals surface area contributed by atoms with Gasteiger partial charge in [-0.3, -0.25) is 15.6 Å². The highest BCUT2D eigenvalue weighted by molar-refractivity contribution is 7.99. The number of carbonyl (C=O) groups is 1. The number of hydrogen-bond acceptors (Lipinski definition) is 7. The normalized spacial score (nSPS) is 10.1. The molecule has 1 rings (SSSR count). The van der Waals surface area contributed by atoms with Crippen LogP contribution in [0.4, 0.5) is 11.9 Å². The maximum Gasteiger partial charge on any atom is 0.247 e. The number of thioether (sulfide) groups is 1. The lowest BCUT2D eigenvalue weighted by atomic mass is 10.6. The van der Waals surface area contributed by atoms with Crippen LogP contribution in [0.25, 0.3) is 0 Å². The van der Waals surface area contributed by atoms with E-state index in [0.717, 1.165) is 12.2 Å². The lowest BCUT2D eigenvalue weighted by molar-refractivity contribution is -0.118. The molecule has 19 heavy (non-hydrogen) atoms. The fourth-order valence-corrected chi connectivity index (χ4v) is 2.09. The molecule has 0 saturated heterocycles. The molecular weight excluding hydrogens is 288 g/mol. The van der Waals surface area contributed by atoms with Gasteiger partial charge in [-0.25, -0.2) is 0 Å². The monoisotopic (exact) mass is 304 g/mol. The minimum atomic E-state index is -0.219. The van der Waals surface area contributed by atoms with Gasteiger partial charge in [-0.05, 0) is 6.42 Å². The van der Waals surface area contributed by atoms with Gasteiger partial charge in [0, 0.05) is 32.7 Å². The van der Waals surface area contributed by atoms with Gasteiger partial charge in [0.05, 0.1) is 0 Å². The summed E-state index contributed by atoms with van der Waals surface area (Å²) in [4.78, 5) is 25.3. The summed E-state index contributed by atoms with van der Waals surface area (Å²) in [6, 6.07) is 0. The van der Waals surface area contributed by atoms with Crippen molar-refractivity contribution in [1.82, 2.24) is 20.4 Å². The Hall–Kier alpha value is -1.28. The van der Waals surface area contributed by atoms with Crippen molar-refractivity contribution in [2.75, 3.05) is 36.1 Å². The second-order valence-electron chi connectivity index (χ2n) is 3.83. The Balaban J connectivity index is 2.80. The van der Waals surface area contributed by atoms with Crippen molar-refractivity contribution in [3.05, 3.63) is 0 Å². The number of halogens is 1. The fourth-order valence-electron chi connectivity index (χ4n) is 1.03. The standard InChI is InChI=1S/C10H17ClN6OS/c1-7(18)15-16-8-12-9(17(2)3)14-10(13-8)19-6-4-5-11/h4-6H2,1-3H3,(H,15,18)(H,12,13,14,16). The van der Waals surface area contributed by atoms with Crippen LogP contribution in [-0.4, -0.2) is 46.6 Å². The number of rotatable bonds is 7. The highest BCUT2D eigenvalue weighted by atomic mass is 35.5. The first-order valence-corrected chi connectivity index (χ1v) is 7.19. The van der Waals surface area contributed by atoms with Gasteiger partial charge in [-0.2, -0.15) is 15.0 Å². The van der Waals surface area contributed by atoms with E-state index in [4.69, 9.17) is 11.6 Å². The summed E-state index contributed by atoms with van der Waals surface area (Å²) in [5.74, 6) is 2.05. The zero-order valence-corrected chi connectivity index (χ0v) is 12.7. The van der Waals surface area contributed by atoms with Crippen molar-refractivity contribution < 1.29 is 4.79 Å². The van der Waals surface area contributed by atoms with E-state index in [-0.39, 0.29) is 5.91 Å². The molecule has 1 heterocycles. The van der Waals surface area contributed by atoms with Crippen LogP contribution in [0.1, 0.15) is 13.3 Å². The number of alkyl halides is 1. The van der Waals surface area contributed by atoms with Crippen LogP contribution in [0.2, 0.25) is 0 Å². The molecule has 1 amide bonds. The molecule has 0 radical (unpaired) electrons. The van der Waals surface area contributed by atoms with Crippen molar-refractivity contribution in [3.8, 4) is 0 Å². The SMILES string of the molecule is CC(=O)NNc1nc(SCCCCl)nc(N(C)C)n1. The second kappa shape index (κ2) is 8.00. The van der Waals surface area contributed by atoms with Crippen LogP contribution in [0.5, 0.6) is 0 Å². The lowest BCUT2D eigenvalue weighted by Gasteiger charge is -2.13. The molecule has 0 aliphatic rings. The highest BCUT2D eigenvalue weighted by Crippen LogP contribution is 2.18. The van der Waals surface area contributed by atoms with E-state index in [1.807, 2.05) is 14.1 Å². The Kier molecular flexibility index (Phi) is 6.65. The number of nitrogens with one attached hydrogen (secondary N) is 2. The first-order chi connectivity index (χ1) is 9.02. The average molecular weight is 305 g/mol. The summed E-state index contributed by atoms with van der Waals surface area (Å²) in [7, 11) is 3.68. The summed E-state index contributed by atoms with van der Waals surface area (Å²) in [6.07, 6.45) is 0.879. The summed E-state index contributed by atoms with van der Waals surface area (Å²) in [6.45, 7) is 1.40. The largest absolute Gasteiger partial charge is 0.347 e. The third-order valence-electron chi connectivity index (χ3n) is 1.86. The van der Waals surface area contributed by atoms with Crippen LogP contribution < -0.4 is 15.8 Å². The molecule has 2 N–H and O–H groups in total. The topological polar surface area (TPSA) is 83.0 Å². The van der Waals surface area contributed by atoms with Crippen LogP contribution in [0, 0.1) is 0 Å². The third-order valence-corrected chi connectivity index (χ3v) is 3.06. The van der Waals surface area contributed by atoms with E-state index < -0.39 is 0 Å².